The van der Waals surface area contributed by atoms with Crippen LogP contribution >= 0.6 is 0 Å². The van der Waals surface area contributed by atoms with Gasteiger partial charge in [-0.1, -0.05) is 12.8 Å². The summed E-state index contributed by atoms with van der Waals surface area (Å²) in [7, 11) is 0. The number of hydrogen-bond donors (Lipinski definition) is 1. The quantitative estimate of drug-likeness (QED) is 0.893. The van der Waals surface area contributed by atoms with Gasteiger partial charge in [0.1, 0.15) is 5.76 Å². The molecule has 1 saturated heterocycles. The van der Waals surface area contributed by atoms with Crippen LogP contribution in [0.1, 0.15) is 56.3 Å². The Balaban J connectivity index is 1.39. The van der Waals surface area contributed by atoms with Gasteiger partial charge < -0.3 is 9.73 Å². The van der Waals surface area contributed by atoms with Crippen molar-refractivity contribution in [3.8, 4) is 0 Å². The van der Waals surface area contributed by atoms with E-state index < -0.39 is 0 Å². The summed E-state index contributed by atoms with van der Waals surface area (Å²) in [5.41, 5.74) is 1.37. The lowest BCUT2D eigenvalue weighted by Crippen LogP contribution is -2.34. The molecule has 2 unspecified atom stereocenters. The second-order valence-electron chi connectivity index (χ2n) is 6.90. The zero-order valence-electron chi connectivity index (χ0n) is 12.3. The summed E-state index contributed by atoms with van der Waals surface area (Å²) in [5, 5.41) is 3.60. The number of hydrogen-bond acceptors (Lipinski definition) is 3. The second-order valence-corrected chi connectivity index (χ2v) is 6.90. The molecule has 0 amide bonds. The van der Waals surface area contributed by atoms with E-state index in [1.165, 1.54) is 62.8 Å². The lowest BCUT2D eigenvalue weighted by Gasteiger charge is -2.31. The summed E-state index contributed by atoms with van der Waals surface area (Å²) < 4.78 is 5.78. The molecule has 110 valence electrons. The molecule has 3 nitrogen and oxygen atoms in total. The number of fused-ring (bicyclic) bond motifs is 1. The van der Waals surface area contributed by atoms with Crippen LogP contribution in [0.15, 0.2) is 16.7 Å². The van der Waals surface area contributed by atoms with Crippen molar-refractivity contribution in [2.24, 2.45) is 5.92 Å². The lowest BCUT2D eigenvalue weighted by atomic mass is 9.85. The molecule has 1 aromatic heterocycles. The highest BCUT2D eigenvalue weighted by Crippen LogP contribution is 2.37. The molecule has 3 aliphatic rings. The normalized spacial score (nSPS) is 30.6. The van der Waals surface area contributed by atoms with Crippen molar-refractivity contribution < 1.29 is 4.42 Å². The third-order valence-electron chi connectivity index (χ3n) is 5.47. The average molecular weight is 274 g/mol. The first-order chi connectivity index (χ1) is 9.90. The lowest BCUT2D eigenvalue weighted by molar-refractivity contribution is 0.165. The first-order valence-electron chi connectivity index (χ1n) is 8.43. The van der Waals surface area contributed by atoms with Crippen LogP contribution in [0.4, 0.5) is 0 Å². The Hall–Kier alpha value is -0.800. The molecule has 1 aliphatic heterocycles. The monoisotopic (exact) mass is 274 g/mol. The first-order valence-corrected chi connectivity index (χ1v) is 8.43. The van der Waals surface area contributed by atoms with Gasteiger partial charge in [-0.05, 0) is 50.6 Å². The fourth-order valence-corrected chi connectivity index (χ4v) is 4.09. The van der Waals surface area contributed by atoms with Crippen LogP contribution in [0, 0.1) is 5.92 Å². The average Bonchev–Trinajstić information content (AvgIpc) is 3.07. The zero-order valence-corrected chi connectivity index (χ0v) is 12.3. The van der Waals surface area contributed by atoms with Crippen molar-refractivity contribution in [1.29, 1.82) is 0 Å². The van der Waals surface area contributed by atoms with Gasteiger partial charge in [0.25, 0.3) is 0 Å². The summed E-state index contributed by atoms with van der Waals surface area (Å²) in [6.07, 6.45) is 11.7. The number of nitrogens with one attached hydrogen (secondary N) is 1. The number of likely N-dealkylation sites (tertiary alicyclic amines) is 1. The molecular weight excluding hydrogens is 248 g/mol. The molecule has 4 rings (SSSR count). The molecule has 3 fully saturated rings. The van der Waals surface area contributed by atoms with Gasteiger partial charge in [-0.25, -0.2) is 0 Å². The molecule has 0 bridgehead atoms. The van der Waals surface area contributed by atoms with Gasteiger partial charge in [0.15, 0.2) is 0 Å². The minimum Gasteiger partial charge on any atom is -0.468 e. The van der Waals surface area contributed by atoms with E-state index in [0.717, 1.165) is 31.1 Å². The summed E-state index contributed by atoms with van der Waals surface area (Å²) in [4.78, 5) is 2.68. The summed E-state index contributed by atoms with van der Waals surface area (Å²) >= 11 is 0. The number of furan rings is 1. The summed E-state index contributed by atoms with van der Waals surface area (Å²) in [5.74, 6) is 2.16. The largest absolute Gasteiger partial charge is 0.468 e. The first kappa shape index (κ1) is 12.9. The van der Waals surface area contributed by atoms with Gasteiger partial charge in [-0.2, -0.15) is 0 Å². The van der Waals surface area contributed by atoms with Gasteiger partial charge in [0.2, 0.25) is 0 Å². The van der Waals surface area contributed by atoms with Gasteiger partial charge in [0, 0.05) is 24.2 Å². The second kappa shape index (κ2) is 5.53. The zero-order chi connectivity index (χ0) is 13.4. The molecule has 1 aromatic rings. The molecule has 2 heterocycles. The molecule has 1 N–H and O–H groups in total. The predicted molar refractivity (Wildman–Crippen MR) is 79.3 cm³/mol. The third-order valence-corrected chi connectivity index (χ3v) is 5.47. The Labute approximate surface area is 121 Å². The fourth-order valence-electron chi connectivity index (χ4n) is 4.09. The maximum absolute atomic E-state index is 5.78. The Morgan fingerprint density at radius 2 is 2.05 bits per heavy atom. The van der Waals surface area contributed by atoms with Crippen LogP contribution in [0.5, 0.6) is 0 Å². The minimum atomic E-state index is 0.771. The van der Waals surface area contributed by atoms with Crippen LogP contribution in [0.3, 0.4) is 0 Å². The molecule has 2 atom stereocenters. The highest BCUT2D eigenvalue weighted by molar-refractivity contribution is 5.17. The van der Waals surface area contributed by atoms with Gasteiger partial charge in [0.05, 0.1) is 12.8 Å². The standard InChI is InChI=1S/C17H26N2O/c1-2-4-16-13(3-1)7-9-19(16)12-17-14(8-10-20-17)11-18-15-5-6-15/h8,10,13,15-16,18H,1-7,9,11-12H2. The minimum absolute atomic E-state index is 0.771. The van der Waals surface area contributed by atoms with Crippen molar-refractivity contribution >= 4 is 0 Å². The maximum Gasteiger partial charge on any atom is 0.122 e. The topological polar surface area (TPSA) is 28.4 Å². The molecule has 0 aromatic carbocycles. The van der Waals surface area contributed by atoms with E-state index in [1.54, 1.807) is 0 Å². The van der Waals surface area contributed by atoms with E-state index in [-0.39, 0.29) is 0 Å². The van der Waals surface area contributed by atoms with Crippen molar-refractivity contribution in [1.82, 2.24) is 10.2 Å². The van der Waals surface area contributed by atoms with E-state index in [2.05, 4.69) is 16.3 Å². The van der Waals surface area contributed by atoms with Crippen molar-refractivity contribution in [3.63, 3.8) is 0 Å². The highest BCUT2D eigenvalue weighted by Gasteiger charge is 2.36. The summed E-state index contributed by atoms with van der Waals surface area (Å²) in [6, 6.07) is 3.75. The van der Waals surface area contributed by atoms with E-state index in [4.69, 9.17) is 4.42 Å². The van der Waals surface area contributed by atoms with Crippen LogP contribution in [0.2, 0.25) is 0 Å². The van der Waals surface area contributed by atoms with E-state index in [9.17, 15) is 0 Å². The molecule has 3 heteroatoms. The van der Waals surface area contributed by atoms with Crippen LogP contribution in [0.25, 0.3) is 0 Å². The van der Waals surface area contributed by atoms with Crippen LogP contribution in [-0.4, -0.2) is 23.5 Å². The van der Waals surface area contributed by atoms with Crippen molar-refractivity contribution in [3.05, 3.63) is 23.7 Å². The highest BCUT2D eigenvalue weighted by atomic mass is 16.3. The van der Waals surface area contributed by atoms with Crippen molar-refractivity contribution in [2.75, 3.05) is 6.54 Å². The third kappa shape index (κ3) is 2.66. The van der Waals surface area contributed by atoms with Crippen molar-refractivity contribution in [2.45, 2.75) is 70.1 Å². The molecular formula is C17H26N2O. The number of rotatable bonds is 5. The molecule has 0 spiro atoms. The van der Waals surface area contributed by atoms with Gasteiger partial charge >= 0.3 is 0 Å². The van der Waals surface area contributed by atoms with E-state index in [1.807, 2.05) is 6.26 Å². The SMILES string of the molecule is c1cc(CNC2CC2)c(CN2CCC3CCCCC32)o1. The Morgan fingerprint density at radius 1 is 1.15 bits per heavy atom. The molecule has 2 aliphatic carbocycles. The summed E-state index contributed by atoms with van der Waals surface area (Å²) in [6.45, 7) is 3.28. The fraction of sp³-hybridized carbons (Fsp3) is 0.765. The molecule has 2 saturated carbocycles. The number of nitrogens with zero attached hydrogens (tertiary/aromatic N) is 1. The van der Waals surface area contributed by atoms with E-state index in [0.29, 0.717) is 0 Å². The molecule has 20 heavy (non-hydrogen) atoms. The maximum atomic E-state index is 5.78. The van der Waals surface area contributed by atoms with Crippen LogP contribution in [-0.2, 0) is 13.1 Å². The van der Waals surface area contributed by atoms with Gasteiger partial charge in [-0.15, -0.1) is 0 Å². The Kier molecular flexibility index (Phi) is 3.57. The Bertz CT molecular complexity index is 452. The van der Waals surface area contributed by atoms with E-state index >= 15 is 0 Å². The molecule has 0 radical (unpaired) electrons. The van der Waals surface area contributed by atoms with Gasteiger partial charge in [-0.3, -0.25) is 4.90 Å². The predicted octanol–water partition coefficient (Wildman–Crippen LogP) is 3.30. The Morgan fingerprint density at radius 3 is 2.95 bits per heavy atom. The smallest absolute Gasteiger partial charge is 0.122 e. The van der Waals surface area contributed by atoms with Crippen LogP contribution < -0.4 is 5.32 Å².